The largest absolute Gasteiger partial charge is 0.460 e. The van der Waals surface area contributed by atoms with Crippen LogP contribution in [0.1, 0.15) is 56.2 Å². The quantitative estimate of drug-likeness (QED) is 0.365. The van der Waals surface area contributed by atoms with Crippen molar-refractivity contribution in [1.82, 2.24) is 19.7 Å². The minimum Gasteiger partial charge on any atom is -0.460 e. The molecule has 0 aliphatic heterocycles. The molecule has 1 fully saturated rings. The average molecular weight is 504 g/mol. The van der Waals surface area contributed by atoms with E-state index in [0.29, 0.717) is 43.9 Å². The Hall–Kier alpha value is -3.85. The number of aromatic nitrogens is 4. The molecule has 0 radical (unpaired) electrons. The molecule has 37 heavy (non-hydrogen) atoms. The van der Waals surface area contributed by atoms with Gasteiger partial charge in [-0.2, -0.15) is 5.10 Å². The molecule has 1 amide bonds. The Morgan fingerprint density at radius 1 is 1.16 bits per heavy atom. The molecule has 0 saturated heterocycles. The highest BCUT2D eigenvalue weighted by Gasteiger charge is 2.30. The number of aliphatic hydroxyl groups is 1. The average Bonchev–Trinajstić information content (AvgIpc) is 3.32. The molecule has 3 heterocycles. The summed E-state index contributed by atoms with van der Waals surface area (Å²) in [6.07, 6.45) is 12.0. The zero-order valence-electron chi connectivity index (χ0n) is 21.4. The molecule has 0 atom stereocenters. The van der Waals surface area contributed by atoms with Crippen molar-refractivity contribution < 1.29 is 19.4 Å². The number of hydrogen-bond donors (Lipinski definition) is 1. The molecule has 1 aliphatic rings. The number of rotatable bonds is 8. The van der Waals surface area contributed by atoms with Crippen molar-refractivity contribution in [2.24, 2.45) is 5.92 Å². The summed E-state index contributed by atoms with van der Waals surface area (Å²) in [5, 5.41) is 14.2. The zero-order valence-corrected chi connectivity index (χ0v) is 21.4. The lowest BCUT2D eigenvalue weighted by Gasteiger charge is -2.30. The molecular formula is C28H33N5O4. The fourth-order valence-electron chi connectivity index (χ4n) is 4.30. The summed E-state index contributed by atoms with van der Waals surface area (Å²) in [5.74, 6) is 0.522. The number of anilines is 1. The number of nitrogens with zero attached hydrogens (tertiary/aromatic N) is 5. The monoisotopic (exact) mass is 503 g/mol. The molecule has 3 aromatic heterocycles. The van der Waals surface area contributed by atoms with Gasteiger partial charge in [-0.25, -0.2) is 19.4 Å². The predicted octanol–water partition coefficient (Wildman–Crippen LogP) is 4.02. The number of aliphatic hydroxyl groups excluding tert-OH is 1. The van der Waals surface area contributed by atoms with Crippen molar-refractivity contribution in [3.8, 4) is 5.82 Å². The molecule has 0 spiro atoms. The van der Waals surface area contributed by atoms with Crippen LogP contribution in [-0.4, -0.2) is 48.9 Å². The Labute approximate surface area is 216 Å². The summed E-state index contributed by atoms with van der Waals surface area (Å²) in [7, 11) is 0. The summed E-state index contributed by atoms with van der Waals surface area (Å²) in [4.78, 5) is 36.3. The zero-order chi connectivity index (χ0) is 26.4. The van der Waals surface area contributed by atoms with Crippen LogP contribution in [0.15, 0.2) is 55.1 Å². The first-order valence-corrected chi connectivity index (χ1v) is 12.6. The van der Waals surface area contributed by atoms with Crippen molar-refractivity contribution >= 4 is 23.8 Å². The summed E-state index contributed by atoms with van der Waals surface area (Å²) in [5.41, 5.74) is 2.61. The van der Waals surface area contributed by atoms with Crippen LogP contribution in [0, 0.1) is 12.8 Å². The summed E-state index contributed by atoms with van der Waals surface area (Å²) in [6.45, 7) is 5.84. The third kappa shape index (κ3) is 7.10. The maximum Gasteiger partial charge on any atom is 0.331 e. The van der Waals surface area contributed by atoms with E-state index in [1.54, 1.807) is 60.2 Å². The Morgan fingerprint density at radius 2 is 1.95 bits per heavy atom. The highest BCUT2D eigenvalue weighted by molar-refractivity contribution is 5.94. The molecule has 0 aromatic carbocycles. The van der Waals surface area contributed by atoms with E-state index in [4.69, 9.17) is 4.74 Å². The maximum atomic E-state index is 13.7. The van der Waals surface area contributed by atoms with Crippen LogP contribution in [0.3, 0.4) is 0 Å². The van der Waals surface area contributed by atoms with Crippen LogP contribution in [0.2, 0.25) is 0 Å². The van der Waals surface area contributed by atoms with E-state index in [0.717, 1.165) is 16.7 Å². The minimum atomic E-state index is -0.430. The van der Waals surface area contributed by atoms with Crippen LogP contribution in [0.25, 0.3) is 11.9 Å². The van der Waals surface area contributed by atoms with E-state index in [2.05, 4.69) is 15.1 Å². The minimum absolute atomic E-state index is 0.0356. The number of carbonyl (C=O) groups excluding carboxylic acids is 2. The Bertz CT molecular complexity index is 1240. The van der Waals surface area contributed by atoms with E-state index < -0.39 is 5.97 Å². The van der Waals surface area contributed by atoms with Crippen molar-refractivity contribution in [3.05, 3.63) is 71.8 Å². The van der Waals surface area contributed by atoms with Gasteiger partial charge in [0.1, 0.15) is 5.82 Å². The number of ether oxygens (including phenoxy) is 1. The van der Waals surface area contributed by atoms with E-state index in [9.17, 15) is 14.7 Å². The second kappa shape index (κ2) is 11.9. The Morgan fingerprint density at radius 3 is 2.59 bits per heavy atom. The second-order valence-corrected chi connectivity index (χ2v) is 9.68. The molecule has 4 rings (SSSR count). The lowest BCUT2D eigenvalue weighted by atomic mass is 9.86. The summed E-state index contributed by atoms with van der Waals surface area (Å²) >= 11 is 0. The van der Waals surface area contributed by atoms with Crippen LogP contribution in [-0.2, 0) is 20.9 Å². The number of carbonyl (C=O) groups is 2. The summed E-state index contributed by atoms with van der Waals surface area (Å²) in [6, 6.07) is 7.35. The maximum absolute atomic E-state index is 13.7. The van der Waals surface area contributed by atoms with E-state index in [1.165, 1.54) is 6.08 Å². The van der Waals surface area contributed by atoms with E-state index >= 15 is 0 Å². The molecule has 194 valence electrons. The van der Waals surface area contributed by atoms with Crippen LogP contribution in [0.4, 0.5) is 5.82 Å². The molecule has 1 N–H and O–H groups in total. The molecule has 3 aromatic rings. The Balaban J connectivity index is 1.58. The number of amides is 1. The molecule has 0 unspecified atom stereocenters. The topological polar surface area (TPSA) is 110 Å². The normalized spacial score (nSPS) is 17.8. The van der Waals surface area contributed by atoms with Crippen molar-refractivity contribution in [3.63, 3.8) is 0 Å². The number of esters is 1. The van der Waals surface area contributed by atoms with Gasteiger partial charge in [0.15, 0.2) is 5.82 Å². The first-order chi connectivity index (χ1) is 17.8. The van der Waals surface area contributed by atoms with E-state index in [1.807, 2.05) is 25.3 Å². The summed E-state index contributed by atoms with van der Waals surface area (Å²) < 4.78 is 6.86. The number of pyridine rings is 2. The van der Waals surface area contributed by atoms with Gasteiger partial charge in [-0.05, 0) is 87.4 Å². The SMILES string of the molecule is Cc1cnn(-c2ccc(CN(C(=O)C3CCC(O)CC3)c3cc(/C=C/C(=O)OC(C)C)ccn3)cn2)c1. The van der Waals surface area contributed by atoms with Gasteiger partial charge in [0, 0.05) is 30.6 Å². The van der Waals surface area contributed by atoms with Crippen molar-refractivity contribution in [1.29, 1.82) is 0 Å². The highest BCUT2D eigenvalue weighted by Crippen LogP contribution is 2.29. The van der Waals surface area contributed by atoms with Gasteiger partial charge in [0.25, 0.3) is 0 Å². The lowest BCUT2D eigenvalue weighted by Crippen LogP contribution is -2.38. The standard InChI is InChI=1S/C28H33N5O4/c1-19(2)37-27(35)11-5-21-12-13-29-26(14-21)32(28(36)23-6-8-24(34)9-7-23)18-22-4-10-25(30-16-22)33-17-20(3)15-31-33/h4-5,10-17,19,23-24,34H,6-9,18H2,1-3H3/b11-5+. The van der Waals surface area contributed by atoms with Crippen LogP contribution >= 0.6 is 0 Å². The molecule has 9 heteroatoms. The first-order valence-electron chi connectivity index (χ1n) is 12.6. The smallest absolute Gasteiger partial charge is 0.331 e. The molecule has 9 nitrogen and oxygen atoms in total. The third-order valence-electron chi connectivity index (χ3n) is 6.22. The van der Waals surface area contributed by atoms with Crippen molar-refractivity contribution in [2.45, 2.75) is 65.2 Å². The molecule has 1 saturated carbocycles. The van der Waals surface area contributed by atoms with Gasteiger partial charge in [0.05, 0.1) is 24.9 Å². The molecule has 0 bridgehead atoms. The number of hydrogen-bond acceptors (Lipinski definition) is 7. The van der Waals surface area contributed by atoms with Gasteiger partial charge in [-0.1, -0.05) is 6.07 Å². The van der Waals surface area contributed by atoms with E-state index in [-0.39, 0.29) is 24.0 Å². The highest BCUT2D eigenvalue weighted by atomic mass is 16.5. The fourth-order valence-corrected chi connectivity index (χ4v) is 4.30. The molecular weight excluding hydrogens is 470 g/mol. The predicted molar refractivity (Wildman–Crippen MR) is 140 cm³/mol. The van der Waals surface area contributed by atoms with Gasteiger partial charge < -0.3 is 9.84 Å². The molecule has 1 aliphatic carbocycles. The second-order valence-electron chi connectivity index (χ2n) is 9.68. The van der Waals surface area contributed by atoms with Gasteiger partial charge in [-0.3, -0.25) is 9.69 Å². The fraction of sp³-hybridized carbons (Fsp3) is 0.393. The lowest BCUT2D eigenvalue weighted by molar-refractivity contribution is -0.141. The van der Waals surface area contributed by atoms with Gasteiger partial charge in [0.2, 0.25) is 5.91 Å². The third-order valence-corrected chi connectivity index (χ3v) is 6.22. The first kappa shape index (κ1) is 26.2. The van der Waals surface area contributed by atoms with Crippen LogP contribution < -0.4 is 4.90 Å². The van der Waals surface area contributed by atoms with Crippen LogP contribution in [0.5, 0.6) is 0 Å². The van der Waals surface area contributed by atoms with Crippen molar-refractivity contribution in [2.75, 3.05) is 4.90 Å². The van der Waals surface area contributed by atoms with Gasteiger partial charge in [-0.15, -0.1) is 0 Å². The Kier molecular flexibility index (Phi) is 8.45. The number of aryl methyl sites for hydroxylation is 1. The van der Waals surface area contributed by atoms with Gasteiger partial charge >= 0.3 is 5.97 Å².